The summed E-state index contributed by atoms with van der Waals surface area (Å²) in [6, 6.07) is 16.0. The molecule has 49 heavy (non-hydrogen) atoms. The van der Waals surface area contributed by atoms with E-state index < -0.39 is 0 Å². The average molecular weight is 720 g/mol. The Morgan fingerprint density at radius 1 is 0.918 bits per heavy atom. The van der Waals surface area contributed by atoms with Gasteiger partial charge in [-0.25, -0.2) is 4.98 Å². The normalized spacial score (nSPS) is 19.1. The number of aromatic nitrogens is 2. The molecule has 0 saturated carbocycles. The standard InChI is InChI=1S/C37H37Cl3N6O3/c1-49-37-22(17-41-18-24-6-9-32(47)43-24)5-8-31(45-37)28-4-2-3-26(34(28)39)27-11-13-42-36(35(27)40)23-15-21-12-14-46(20-29(21)30(38)16-23)19-25-7-10-33(48)44-25/h2-5,8,11,13,15-16,24-25,41H,6-7,9-10,12,14,17-20H2,1H3,(H,43,47)(H,44,48). The summed E-state index contributed by atoms with van der Waals surface area (Å²) in [5.74, 6) is 0.736. The Balaban J connectivity index is 1.11. The summed E-state index contributed by atoms with van der Waals surface area (Å²) >= 11 is 21.1. The number of carbonyl (C=O) groups excluding carboxylic acids is 2. The third-order valence-corrected chi connectivity index (χ3v) is 10.7. The predicted molar refractivity (Wildman–Crippen MR) is 193 cm³/mol. The lowest BCUT2D eigenvalue weighted by atomic mass is 9.94. The lowest BCUT2D eigenvalue weighted by molar-refractivity contribution is -0.120. The van der Waals surface area contributed by atoms with Crippen molar-refractivity contribution in [3.05, 3.63) is 86.5 Å². The van der Waals surface area contributed by atoms with E-state index in [-0.39, 0.29) is 23.9 Å². The second kappa shape index (κ2) is 14.6. The molecule has 254 valence electrons. The molecule has 2 fully saturated rings. The van der Waals surface area contributed by atoms with E-state index in [0.717, 1.165) is 72.3 Å². The van der Waals surface area contributed by atoms with Gasteiger partial charge in [0.1, 0.15) is 0 Å². The van der Waals surface area contributed by atoms with Gasteiger partial charge < -0.3 is 20.7 Å². The van der Waals surface area contributed by atoms with Crippen molar-refractivity contribution < 1.29 is 14.3 Å². The van der Waals surface area contributed by atoms with Crippen LogP contribution in [-0.2, 0) is 29.1 Å². The Hall–Kier alpha value is -3.73. The van der Waals surface area contributed by atoms with Crippen molar-refractivity contribution in [3.63, 3.8) is 0 Å². The first-order chi connectivity index (χ1) is 23.8. The third-order valence-electron chi connectivity index (χ3n) is 9.58. The van der Waals surface area contributed by atoms with Crippen molar-refractivity contribution in [3.8, 4) is 39.5 Å². The summed E-state index contributed by atoms with van der Waals surface area (Å²) in [7, 11) is 1.60. The highest BCUT2D eigenvalue weighted by Crippen LogP contribution is 2.43. The molecular weight excluding hydrogens is 683 g/mol. The van der Waals surface area contributed by atoms with E-state index in [1.807, 2.05) is 42.5 Å². The zero-order chi connectivity index (χ0) is 34.1. The topological polar surface area (TPSA) is 108 Å². The first-order valence-electron chi connectivity index (χ1n) is 16.6. The second-order valence-corrected chi connectivity index (χ2v) is 14.0. The van der Waals surface area contributed by atoms with Gasteiger partial charge in [-0.15, -0.1) is 0 Å². The van der Waals surface area contributed by atoms with Gasteiger partial charge in [-0.1, -0.05) is 59.1 Å². The zero-order valence-electron chi connectivity index (χ0n) is 27.1. The van der Waals surface area contributed by atoms with Gasteiger partial charge in [0, 0.05) is 96.7 Å². The molecule has 0 spiro atoms. The number of nitrogens with zero attached hydrogens (tertiary/aromatic N) is 3. The molecule has 2 aromatic carbocycles. The van der Waals surface area contributed by atoms with E-state index in [0.29, 0.717) is 58.3 Å². The SMILES string of the molecule is COc1nc(-c2cccc(-c3ccnc(-c4cc(Cl)c5c(c4)CCN(CC4CCC(=O)N4)C5)c3Cl)c2Cl)ccc1CNCC1CCC(=O)N1. The fourth-order valence-electron chi connectivity index (χ4n) is 7.03. The van der Waals surface area contributed by atoms with Crippen LogP contribution in [0.4, 0.5) is 0 Å². The monoisotopic (exact) mass is 718 g/mol. The minimum absolute atomic E-state index is 0.0999. The Kier molecular flexibility index (Phi) is 10.1. The number of pyridine rings is 2. The number of rotatable bonds is 10. The number of methoxy groups -OCH3 is 1. The van der Waals surface area contributed by atoms with Crippen molar-refractivity contribution in [1.82, 2.24) is 30.8 Å². The summed E-state index contributed by atoms with van der Waals surface area (Å²) in [5.41, 5.74) is 7.62. The molecule has 2 saturated heterocycles. The maximum Gasteiger partial charge on any atom is 0.220 e. The lowest BCUT2D eigenvalue weighted by Gasteiger charge is -2.31. The van der Waals surface area contributed by atoms with Crippen LogP contribution in [0.25, 0.3) is 33.6 Å². The molecule has 4 aromatic rings. The van der Waals surface area contributed by atoms with Crippen molar-refractivity contribution >= 4 is 46.6 Å². The summed E-state index contributed by atoms with van der Waals surface area (Å²) in [5, 5.41) is 11.1. The highest BCUT2D eigenvalue weighted by Gasteiger charge is 2.27. The van der Waals surface area contributed by atoms with Crippen molar-refractivity contribution in [2.24, 2.45) is 0 Å². The summed E-state index contributed by atoms with van der Waals surface area (Å²) in [6.45, 7) is 3.68. The van der Waals surface area contributed by atoms with Crippen LogP contribution in [0.1, 0.15) is 42.4 Å². The summed E-state index contributed by atoms with van der Waals surface area (Å²) in [6.07, 6.45) is 5.47. The minimum atomic E-state index is 0.0999. The number of hydrogen-bond donors (Lipinski definition) is 3. The van der Waals surface area contributed by atoms with E-state index in [2.05, 4.69) is 31.9 Å². The zero-order valence-corrected chi connectivity index (χ0v) is 29.4. The van der Waals surface area contributed by atoms with E-state index in [9.17, 15) is 9.59 Å². The molecule has 0 bridgehead atoms. The van der Waals surface area contributed by atoms with Crippen LogP contribution >= 0.6 is 34.8 Å². The molecule has 12 heteroatoms. The predicted octanol–water partition coefficient (Wildman–Crippen LogP) is 6.45. The number of amides is 2. The van der Waals surface area contributed by atoms with Gasteiger partial charge in [0.2, 0.25) is 17.7 Å². The van der Waals surface area contributed by atoms with Crippen LogP contribution in [0, 0.1) is 0 Å². The molecule has 0 radical (unpaired) electrons. The summed E-state index contributed by atoms with van der Waals surface area (Å²) in [4.78, 5) is 35.0. The van der Waals surface area contributed by atoms with Crippen LogP contribution in [0.3, 0.4) is 0 Å². The molecule has 3 aliphatic heterocycles. The van der Waals surface area contributed by atoms with Crippen LogP contribution < -0.4 is 20.7 Å². The number of benzene rings is 2. The minimum Gasteiger partial charge on any atom is -0.481 e. The van der Waals surface area contributed by atoms with Crippen molar-refractivity contribution in [2.45, 2.75) is 57.3 Å². The van der Waals surface area contributed by atoms with E-state index >= 15 is 0 Å². The quantitative estimate of drug-likeness (QED) is 0.173. The van der Waals surface area contributed by atoms with Crippen molar-refractivity contribution in [2.75, 3.05) is 26.7 Å². The third kappa shape index (κ3) is 7.28. The number of hydrogen-bond acceptors (Lipinski definition) is 7. The molecule has 2 unspecified atom stereocenters. The van der Waals surface area contributed by atoms with Gasteiger partial charge >= 0.3 is 0 Å². The Morgan fingerprint density at radius 2 is 1.67 bits per heavy atom. The first-order valence-corrected chi connectivity index (χ1v) is 17.7. The second-order valence-electron chi connectivity index (χ2n) is 12.9. The number of carbonyl (C=O) groups is 2. The molecule has 3 aliphatic rings. The maximum atomic E-state index is 11.7. The Labute approximate surface area is 300 Å². The fourth-order valence-corrected chi connectivity index (χ4v) is 7.97. The van der Waals surface area contributed by atoms with Gasteiger partial charge in [-0.3, -0.25) is 19.5 Å². The molecule has 2 aromatic heterocycles. The van der Waals surface area contributed by atoms with Gasteiger partial charge in [0.25, 0.3) is 0 Å². The molecule has 0 aliphatic carbocycles. The number of halogens is 3. The molecule has 5 heterocycles. The van der Waals surface area contributed by atoms with E-state index in [4.69, 9.17) is 44.5 Å². The smallest absolute Gasteiger partial charge is 0.220 e. The van der Waals surface area contributed by atoms with Gasteiger partial charge in [0.05, 0.1) is 28.5 Å². The molecule has 2 atom stereocenters. The summed E-state index contributed by atoms with van der Waals surface area (Å²) < 4.78 is 5.65. The van der Waals surface area contributed by atoms with Gasteiger partial charge in [-0.05, 0) is 54.7 Å². The average Bonchev–Trinajstić information content (AvgIpc) is 3.72. The molecule has 3 N–H and O–H groups in total. The van der Waals surface area contributed by atoms with Crippen LogP contribution in [0.15, 0.2) is 54.7 Å². The van der Waals surface area contributed by atoms with Crippen LogP contribution in [0.5, 0.6) is 5.88 Å². The first kappa shape index (κ1) is 33.8. The molecular formula is C37H37Cl3N6O3. The molecule has 9 nitrogen and oxygen atoms in total. The molecule has 7 rings (SSSR count). The van der Waals surface area contributed by atoms with Gasteiger partial charge in [0.15, 0.2) is 0 Å². The highest BCUT2D eigenvalue weighted by atomic mass is 35.5. The van der Waals surface area contributed by atoms with Gasteiger partial charge in [-0.2, -0.15) is 0 Å². The molecule has 2 amide bonds. The lowest BCUT2D eigenvalue weighted by Crippen LogP contribution is -2.41. The number of fused-ring (bicyclic) bond motifs is 1. The largest absolute Gasteiger partial charge is 0.481 e. The van der Waals surface area contributed by atoms with Crippen LogP contribution in [0.2, 0.25) is 15.1 Å². The van der Waals surface area contributed by atoms with Crippen LogP contribution in [-0.4, -0.2) is 65.5 Å². The Morgan fingerprint density at radius 3 is 2.43 bits per heavy atom. The van der Waals surface area contributed by atoms with Crippen molar-refractivity contribution in [1.29, 1.82) is 0 Å². The van der Waals surface area contributed by atoms with E-state index in [1.165, 1.54) is 5.56 Å². The Bertz CT molecular complexity index is 1920. The highest BCUT2D eigenvalue weighted by molar-refractivity contribution is 6.39. The fraction of sp³-hybridized carbons (Fsp3) is 0.351. The number of nitrogens with one attached hydrogen (secondary N) is 3. The van der Waals surface area contributed by atoms with E-state index in [1.54, 1.807) is 13.3 Å². The maximum absolute atomic E-state index is 11.7. The number of ether oxygens (including phenoxy) is 1.